The highest BCUT2D eigenvalue weighted by molar-refractivity contribution is 6.05. The second-order valence-corrected chi connectivity index (χ2v) is 8.46. The molecule has 2 aliphatic heterocycles. The van der Waals surface area contributed by atoms with E-state index in [9.17, 15) is 4.79 Å². The van der Waals surface area contributed by atoms with Crippen LogP contribution in [0.3, 0.4) is 0 Å². The van der Waals surface area contributed by atoms with Gasteiger partial charge in [0.15, 0.2) is 5.82 Å². The summed E-state index contributed by atoms with van der Waals surface area (Å²) in [4.78, 5) is 26.4. The van der Waals surface area contributed by atoms with E-state index in [0.717, 1.165) is 31.7 Å². The number of amides is 1. The monoisotopic (exact) mass is 452 g/mol. The van der Waals surface area contributed by atoms with E-state index in [1.807, 2.05) is 6.07 Å². The quantitative estimate of drug-likeness (QED) is 0.556. The highest BCUT2D eigenvalue weighted by atomic mass is 16.5. The molecule has 2 fully saturated rings. The Morgan fingerprint density at radius 3 is 2.82 bits per heavy atom. The molecular formula is C22H28N8O3. The number of anilines is 1. The van der Waals surface area contributed by atoms with Gasteiger partial charge in [-0.25, -0.2) is 14.5 Å². The van der Waals surface area contributed by atoms with Gasteiger partial charge in [0.05, 0.1) is 43.7 Å². The van der Waals surface area contributed by atoms with Crippen LogP contribution in [0.1, 0.15) is 10.4 Å². The van der Waals surface area contributed by atoms with Gasteiger partial charge in [-0.1, -0.05) is 0 Å². The Morgan fingerprint density at radius 2 is 2.03 bits per heavy atom. The predicted octanol–water partition coefficient (Wildman–Crippen LogP) is 0.127. The fraction of sp³-hybridized carbons (Fsp3) is 0.455. The Balaban J connectivity index is 1.45. The smallest absolute Gasteiger partial charge is 0.254 e. The fourth-order valence-corrected chi connectivity index (χ4v) is 4.57. The van der Waals surface area contributed by atoms with Crippen LogP contribution in [0.4, 0.5) is 5.82 Å². The standard InChI is InChI=1S/C22H28N8O3/c1-28-5-7-29(8-6-28)18-12-33-11-16(18)27-22(31)15-10-17(14-3-4-24-19(9-14)32-2)30-20(15)21(23)25-13-26-30/h3-4,9-10,13,16,18H,5-8,11-12H2,1-2H3,(H,27,31)(H2,23,25,26)/t16-,18-/m0/s1. The van der Waals surface area contributed by atoms with Crippen molar-refractivity contribution >= 4 is 17.2 Å². The summed E-state index contributed by atoms with van der Waals surface area (Å²) in [6.07, 6.45) is 3.02. The van der Waals surface area contributed by atoms with Gasteiger partial charge in [-0.2, -0.15) is 5.10 Å². The number of likely N-dealkylation sites (N-methyl/N-ethyl adjacent to an activating group) is 1. The first kappa shape index (κ1) is 21.6. The number of fused-ring (bicyclic) bond motifs is 1. The first-order chi connectivity index (χ1) is 16.0. The van der Waals surface area contributed by atoms with Gasteiger partial charge in [0, 0.05) is 44.0 Å². The number of nitrogens with two attached hydrogens (primary N) is 1. The van der Waals surface area contributed by atoms with Crippen LogP contribution in [0.5, 0.6) is 5.88 Å². The largest absolute Gasteiger partial charge is 0.481 e. The summed E-state index contributed by atoms with van der Waals surface area (Å²) in [6, 6.07) is 5.44. The van der Waals surface area contributed by atoms with Gasteiger partial charge in [0.2, 0.25) is 5.88 Å². The van der Waals surface area contributed by atoms with Crippen LogP contribution < -0.4 is 15.8 Å². The topological polar surface area (TPSA) is 123 Å². The third kappa shape index (κ3) is 4.10. The molecule has 0 saturated carbocycles. The van der Waals surface area contributed by atoms with Crippen molar-refractivity contribution in [1.82, 2.24) is 34.7 Å². The van der Waals surface area contributed by atoms with Gasteiger partial charge < -0.3 is 25.4 Å². The molecule has 3 aromatic rings. The zero-order valence-electron chi connectivity index (χ0n) is 18.8. The Bertz CT molecular complexity index is 1160. The van der Waals surface area contributed by atoms with Crippen molar-refractivity contribution in [3.63, 3.8) is 0 Å². The lowest BCUT2D eigenvalue weighted by Gasteiger charge is -2.38. The number of piperazine rings is 1. The number of hydrogen-bond acceptors (Lipinski definition) is 9. The molecule has 3 aromatic heterocycles. The summed E-state index contributed by atoms with van der Waals surface area (Å²) in [6.45, 7) is 5.02. The lowest BCUT2D eigenvalue weighted by Crippen LogP contribution is -2.56. The molecule has 0 aromatic carbocycles. The molecule has 0 spiro atoms. The number of nitrogen functional groups attached to an aromatic ring is 1. The molecule has 2 aliphatic rings. The second kappa shape index (κ2) is 8.93. The summed E-state index contributed by atoms with van der Waals surface area (Å²) in [5.41, 5.74) is 8.57. The predicted molar refractivity (Wildman–Crippen MR) is 122 cm³/mol. The van der Waals surface area contributed by atoms with Crippen molar-refractivity contribution < 1.29 is 14.3 Å². The molecule has 11 nitrogen and oxygen atoms in total. The van der Waals surface area contributed by atoms with Crippen LogP contribution in [-0.4, -0.2) is 101 Å². The molecule has 1 amide bonds. The molecule has 2 saturated heterocycles. The van der Waals surface area contributed by atoms with Crippen LogP contribution >= 0.6 is 0 Å². The molecule has 11 heteroatoms. The van der Waals surface area contributed by atoms with Gasteiger partial charge in [-0.3, -0.25) is 9.69 Å². The van der Waals surface area contributed by atoms with E-state index in [1.165, 1.54) is 6.33 Å². The second-order valence-electron chi connectivity index (χ2n) is 8.46. The number of ether oxygens (including phenoxy) is 2. The van der Waals surface area contributed by atoms with Crippen molar-refractivity contribution in [3.05, 3.63) is 36.3 Å². The van der Waals surface area contributed by atoms with E-state index in [4.69, 9.17) is 15.2 Å². The highest BCUT2D eigenvalue weighted by Crippen LogP contribution is 2.29. The molecule has 33 heavy (non-hydrogen) atoms. The minimum absolute atomic E-state index is 0.105. The normalized spacial score (nSPS) is 22.0. The SMILES string of the molecule is COc1cc(-c2cc(C(=O)N[C@H]3COC[C@@H]3N3CCN(C)CC3)c3c(N)ncnn23)ccn1. The van der Waals surface area contributed by atoms with Crippen molar-refractivity contribution in [2.45, 2.75) is 12.1 Å². The zero-order chi connectivity index (χ0) is 22.9. The maximum atomic E-state index is 13.5. The van der Waals surface area contributed by atoms with Crippen molar-refractivity contribution in [2.75, 3.05) is 59.3 Å². The number of carbonyl (C=O) groups is 1. The van der Waals surface area contributed by atoms with Crippen LogP contribution in [0, 0.1) is 0 Å². The van der Waals surface area contributed by atoms with E-state index in [1.54, 1.807) is 30.0 Å². The number of carbonyl (C=O) groups excluding carboxylic acids is 1. The molecule has 174 valence electrons. The fourth-order valence-electron chi connectivity index (χ4n) is 4.57. The Kier molecular flexibility index (Phi) is 5.83. The molecule has 5 heterocycles. The minimum Gasteiger partial charge on any atom is -0.481 e. The molecular weight excluding hydrogens is 424 g/mol. The van der Waals surface area contributed by atoms with Gasteiger partial charge in [-0.15, -0.1) is 0 Å². The van der Waals surface area contributed by atoms with E-state index in [-0.39, 0.29) is 23.8 Å². The van der Waals surface area contributed by atoms with E-state index in [0.29, 0.717) is 35.9 Å². The molecule has 0 aliphatic carbocycles. The molecule has 3 N–H and O–H groups in total. The summed E-state index contributed by atoms with van der Waals surface area (Å²) < 4.78 is 12.6. The number of hydrogen-bond donors (Lipinski definition) is 2. The van der Waals surface area contributed by atoms with Crippen LogP contribution in [-0.2, 0) is 4.74 Å². The lowest BCUT2D eigenvalue weighted by molar-refractivity contribution is 0.0830. The van der Waals surface area contributed by atoms with Crippen molar-refractivity contribution in [3.8, 4) is 17.1 Å². The highest BCUT2D eigenvalue weighted by Gasteiger charge is 2.36. The van der Waals surface area contributed by atoms with E-state index < -0.39 is 0 Å². The number of pyridine rings is 1. The Labute approximate surface area is 191 Å². The number of methoxy groups -OCH3 is 1. The van der Waals surface area contributed by atoms with E-state index in [2.05, 4.69) is 37.2 Å². The van der Waals surface area contributed by atoms with Crippen molar-refractivity contribution in [2.24, 2.45) is 0 Å². The van der Waals surface area contributed by atoms with Crippen LogP contribution in [0.15, 0.2) is 30.7 Å². The first-order valence-electron chi connectivity index (χ1n) is 11.0. The summed E-state index contributed by atoms with van der Waals surface area (Å²) >= 11 is 0. The molecule has 0 unspecified atom stereocenters. The number of aromatic nitrogens is 4. The number of nitrogens with one attached hydrogen (secondary N) is 1. The molecule has 0 radical (unpaired) electrons. The maximum Gasteiger partial charge on any atom is 0.254 e. The zero-order valence-corrected chi connectivity index (χ0v) is 18.8. The van der Waals surface area contributed by atoms with Gasteiger partial charge in [0.25, 0.3) is 5.91 Å². The van der Waals surface area contributed by atoms with Gasteiger partial charge in [-0.05, 0) is 19.2 Å². The summed E-state index contributed by atoms with van der Waals surface area (Å²) in [7, 11) is 3.68. The van der Waals surface area contributed by atoms with Crippen molar-refractivity contribution in [1.29, 1.82) is 0 Å². The summed E-state index contributed by atoms with van der Waals surface area (Å²) in [5.74, 6) is 0.477. The lowest BCUT2D eigenvalue weighted by atomic mass is 10.1. The number of nitrogens with zero attached hydrogens (tertiary/aromatic N) is 6. The molecule has 2 atom stereocenters. The third-order valence-corrected chi connectivity index (χ3v) is 6.44. The molecule has 0 bridgehead atoms. The molecule has 5 rings (SSSR count). The third-order valence-electron chi connectivity index (χ3n) is 6.44. The average molecular weight is 453 g/mol. The first-order valence-corrected chi connectivity index (χ1v) is 11.0. The van der Waals surface area contributed by atoms with Gasteiger partial charge >= 0.3 is 0 Å². The van der Waals surface area contributed by atoms with Crippen LogP contribution in [0.25, 0.3) is 16.8 Å². The number of rotatable bonds is 5. The van der Waals surface area contributed by atoms with Gasteiger partial charge in [0.1, 0.15) is 11.8 Å². The average Bonchev–Trinajstić information content (AvgIpc) is 3.45. The van der Waals surface area contributed by atoms with Crippen LogP contribution in [0.2, 0.25) is 0 Å². The summed E-state index contributed by atoms with van der Waals surface area (Å²) in [5, 5.41) is 7.53. The Hall–Kier alpha value is -3.28. The van der Waals surface area contributed by atoms with E-state index >= 15 is 0 Å². The minimum atomic E-state index is -0.226. The Morgan fingerprint density at radius 1 is 1.21 bits per heavy atom. The maximum absolute atomic E-state index is 13.5.